The second-order valence-electron chi connectivity index (χ2n) is 4.87. The van der Waals surface area contributed by atoms with Gasteiger partial charge in [-0.3, -0.25) is 4.90 Å². The van der Waals surface area contributed by atoms with E-state index in [1.54, 1.807) is 0 Å². The zero-order chi connectivity index (χ0) is 14.6. The number of pyridine rings is 1. The Hall–Kier alpha value is -1.34. The van der Waals surface area contributed by atoms with Crippen molar-refractivity contribution in [3.63, 3.8) is 0 Å². The van der Waals surface area contributed by atoms with Gasteiger partial charge in [-0.25, -0.2) is 4.98 Å². The van der Waals surface area contributed by atoms with Crippen LogP contribution in [0.15, 0.2) is 18.3 Å². The normalized spacial score (nSPS) is 17.5. The summed E-state index contributed by atoms with van der Waals surface area (Å²) in [6.45, 7) is 5.00. The fraction of sp³-hybridized carbons (Fsp3) is 0.615. The second-order valence-corrected chi connectivity index (χ2v) is 4.87. The van der Waals surface area contributed by atoms with Crippen LogP contribution in [0.3, 0.4) is 0 Å². The first-order chi connectivity index (χ1) is 9.50. The number of hydrogen-bond donors (Lipinski definition) is 1. The molecule has 2 heterocycles. The van der Waals surface area contributed by atoms with Crippen LogP contribution in [0, 0.1) is 0 Å². The first kappa shape index (κ1) is 15.1. The van der Waals surface area contributed by atoms with Gasteiger partial charge in [-0.1, -0.05) is 0 Å². The monoisotopic (exact) mass is 288 g/mol. The number of aromatic nitrogens is 1. The fourth-order valence-electron chi connectivity index (χ4n) is 2.26. The molecule has 0 unspecified atom stereocenters. The minimum absolute atomic E-state index is 0.608. The number of nitrogens with two attached hydrogens (primary N) is 1. The molecule has 1 fully saturated rings. The van der Waals surface area contributed by atoms with Crippen molar-refractivity contribution >= 4 is 5.82 Å². The van der Waals surface area contributed by atoms with Gasteiger partial charge in [-0.2, -0.15) is 13.2 Å². The van der Waals surface area contributed by atoms with E-state index in [1.165, 1.54) is 6.07 Å². The van der Waals surface area contributed by atoms with E-state index in [0.29, 0.717) is 12.4 Å². The largest absolute Gasteiger partial charge is 0.417 e. The highest BCUT2D eigenvalue weighted by Gasteiger charge is 2.31. The molecule has 112 valence electrons. The minimum atomic E-state index is -4.33. The number of anilines is 1. The van der Waals surface area contributed by atoms with Gasteiger partial charge in [0.25, 0.3) is 0 Å². The molecule has 0 aromatic carbocycles. The van der Waals surface area contributed by atoms with Gasteiger partial charge in [0, 0.05) is 32.4 Å². The number of halogens is 3. The van der Waals surface area contributed by atoms with Gasteiger partial charge in [-0.05, 0) is 31.6 Å². The molecule has 1 aliphatic rings. The predicted octanol–water partition coefficient (Wildman–Crippen LogP) is 1.57. The summed E-state index contributed by atoms with van der Waals surface area (Å²) < 4.78 is 37.4. The van der Waals surface area contributed by atoms with Crippen molar-refractivity contribution in [3.8, 4) is 0 Å². The Morgan fingerprint density at radius 3 is 2.35 bits per heavy atom. The molecule has 0 saturated carbocycles. The van der Waals surface area contributed by atoms with E-state index < -0.39 is 11.7 Å². The van der Waals surface area contributed by atoms with Gasteiger partial charge in [0.2, 0.25) is 0 Å². The molecule has 0 amide bonds. The van der Waals surface area contributed by atoms with Crippen molar-refractivity contribution in [2.45, 2.75) is 12.6 Å². The number of rotatable bonds is 4. The molecular weight excluding hydrogens is 269 g/mol. The van der Waals surface area contributed by atoms with E-state index in [-0.39, 0.29) is 0 Å². The van der Waals surface area contributed by atoms with Crippen molar-refractivity contribution in [1.29, 1.82) is 0 Å². The van der Waals surface area contributed by atoms with Gasteiger partial charge >= 0.3 is 6.18 Å². The van der Waals surface area contributed by atoms with Crippen molar-refractivity contribution in [1.82, 2.24) is 9.88 Å². The zero-order valence-electron chi connectivity index (χ0n) is 11.2. The Labute approximate surface area is 116 Å². The molecule has 0 spiro atoms. The first-order valence-corrected chi connectivity index (χ1v) is 6.71. The number of hydrogen-bond acceptors (Lipinski definition) is 4. The topological polar surface area (TPSA) is 45.4 Å². The third-order valence-corrected chi connectivity index (χ3v) is 3.45. The highest BCUT2D eigenvalue weighted by atomic mass is 19.4. The highest BCUT2D eigenvalue weighted by Crippen LogP contribution is 2.29. The van der Waals surface area contributed by atoms with Crippen LogP contribution in [-0.2, 0) is 6.18 Å². The summed E-state index contributed by atoms with van der Waals surface area (Å²) in [6.07, 6.45) is -2.46. The molecule has 7 heteroatoms. The molecule has 0 atom stereocenters. The molecule has 2 rings (SSSR count). The Morgan fingerprint density at radius 1 is 1.15 bits per heavy atom. The lowest BCUT2D eigenvalue weighted by Crippen LogP contribution is -2.47. The van der Waals surface area contributed by atoms with Gasteiger partial charge in [0.05, 0.1) is 5.56 Å². The fourth-order valence-corrected chi connectivity index (χ4v) is 2.26. The summed E-state index contributed by atoms with van der Waals surface area (Å²) in [5, 5.41) is 0. The van der Waals surface area contributed by atoms with Crippen LogP contribution in [0.25, 0.3) is 0 Å². The molecule has 0 aliphatic carbocycles. The average Bonchev–Trinajstić information content (AvgIpc) is 2.45. The van der Waals surface area contributed by atoms with Crippen LogP contribution in [-0.4, -0.2) is 49.2 Å². The van der Waals surface area contributed by atoms with Crippen molar-refractivity contribution < 1.29 is 13.2 Å². The summed E-state index contributed by atoms with van der Waals surface area (Å²) in [5.41, 5.74) is 4.77. The zero-order valence-corrected chi connectivity index (χ0v) is 11.2. The van der Waals surface area contributed by atoms with E-state index in [1.807, 2.05) is 4.90 Å². The summed E-state index contributed by atoms with van der Waals surface area (Å²) in [6, 6.07) is 2.53. The smallest absolute Gasteiger partial charge is 0.354 e. The van der Waals surface area contributed by atoms with E-state index in [2.05, 4.69) is 9.88 Å². The van der Waals surface area contributed by atoms with Crippen molar-refractivity contribution in [2.75, 3.05) is 44.2 Å². The average molecular weight is 288 g/mol. The Bertz CT molecular complexity index is 411. The molecular formula is C13H19F3N4. The molecule has 20 heavy (non-hydrogen) atoms. The number of alkyl halides is 3. The minimum Gasteiger partial charge on any atom is -0.354 e. The molecule has 1 aromatic rings. The van der Waals surface area contributed by atoms with E-state index >= 15 is 0 Å². The molecule has 4 nitrogen and oxygen atoms in total. The van der Waals surface area contributed by atoms with E-state index in [0.717, 1.165) is 51.4 Å². The van der Waals surface area contributed by atoms with Crippen LogP contribution < -0.4 is 10.6 Å². The maximum Gasteiger partial charge on any atom is 0.417 e. The molecule has 1 aliphatic heterocycles. The van der Waals surface area contributed by atoms with Gasteiger partial charge < -0.3 is 10.6 Å². The Kier molecular flexibility index (Phi) is 4.82. The van der Waals surface area contributed by atoms with Crippen LogP contribution in [0.1, 0.15) is 12.0 Å². The van der Waals surface area contributed by atoms with Crippen LogP contribution in [0.5, 0.6) is 0 Å². The van der Waals surface area contributed by atoms with Crippen LogP contribution in [0.2, 0.25) is 0 Å². The van der Waals surface area contributed by atoms with Crippen molar-refractivity contribution in [2.24, 2.45) is 5.73 Å². The molecule has 1 saturated heterocycles. The lowest BCUT2D eigenvalue weighted by molar-refractivity contribution is -0.137. The SMILES string of the molecule is NCCCN1CCN(c2ccc(C(F)(F)F)cn2)CC1. The van der Waals surface area contributed by atoms with E-state index in [9.17, 15) is 13.2 Å². The number of piperazine rings is 1. The second kappa shape index (κ2) is 6.41. The summed E-state index contributed by atoms with van der Waals surface area (Å²) >= 11 is 0. The Morgan fingerprint density at radius 2 is 1.85 bits per heavy atom. The highest BCUT2D eigenvalue weighted by molar-refractivity contribution is 5.40. The van der Waals surface area contributed by atoms with Crippen LogP contribution in [0.4, 0.5) is 19.0 Å². The molecule has 1 aromatic heterocycles. The summed E-state index contributed by atoms with van der Waals surface area (Å²) in [4.78, 5) is 8.25. The molecule has 0 bridgehead atoms. The van der Waals surface area contributed by atoms with E-state index in [4.69, 9.17) is 5.73 Å². The van der Waals surface area contributed by atoms with Crippen molar-refractivity contribution in [3.05, 3.63) is 23.9 Å². The summed E-state index contributed by atoms with van der Waals surface area (Å²) in [7, 11) is 0. The maximum atomic E-state index is 12.5. The molecule has 0 radical (unpaired) electrons. The standard InChI is InChI=1S/C13H19F3N4/c14-13(15,16)11-2-3-12(18-10-11)20-8-6-19(7-9-20)5-1-4-17/h2-3,10H,1,4-9,17H2. The third-order valence-electron chi connectivity index (χ3n) is 3.45. The van der Waals surface area contributed by atoms with Gasteiger partial charge in [-0.15, -0.1) is 0 Å². The molecule has 2 N–H and O–H groups in total. The lowest BCUT2D eigenvalue weighted by Gasteiger charge is -2.35. The van der Waals surface area contributed by atoms with Gasteiger partial charge in [0.15, 0.2) is 0 Å². The number of nitrogens with zero attached hydrogens (tertiary/aromatic N) is 3. The Balaban J connectivity index is 1.90. The first-order valence-electron chi connectivity index (χ1n) is 6.71. The van der Waals surface area contributed by atoms with Crippen LogP contribution >= 0.6 is 0 Å². The maximum absolute atomic E-state index is 12.5. The summed E-state index contributed by atoms with van der Waals surface area (Å²) in [5.74, 6) is 0.608. The quantitative estimate of drug-likeness (QED) is 0.913. The lowest BCUT2D eigenvalue weighted by atomic mass is 10.2. The van der Waals surface area contributed by atoms with Gasteiger partial charge in [0.1, 0.15) is 5.82 Å². The predicted molar refractivity (Wildman–Crippen MR) is 71.6 cm³/mol. The third kappa shape index (κ3) is 3.83.